The van der Waals surface area contributed by atoms with Gasteiger partial charge in [0.2, 0.25) is 0 Å². The third-order valence-corrected chi connectivity index (χ3v) is 5.91. The Balaban J connectivity index is 0.00000111. The van der Waals surface area contributed by atoms with Crippen molar-refractivity contribution in [3.8, 4) is 0 Å². The summed E-state index contributed by atoms with van der Waals surface area (Å²) in [7, 11) is 0. The maximum Gasteiger partial charge on any atom is 0.433 e. The Labute approximate surface area is 223 Å². The van der Waals surface area contributed by atoms with Crippen LogP contribution in [0.25, 0.3) is 0 Å². The minimum absolute atomic E-state index is 0.0803. The number of rotatable bonds is 8. The lowest BCUT2D eigenvalue weighted by molar-refractivity contribution is -0.141. The van der Waals surface area contributed by atoms with Gasteiger partial charge >= 0.3 is 6.18 Å². The number of nitrogens with zero attached hydrogens (tertiary/aromatic N) is 2. The highest BCUT2D eigenvalue weighted by Crippen LogP contribution is 2.32. The molecule has 0 spiro atoms. The third-order valence-electron chi connectivity index (χ3n) is 5.91. The molecule has 2 heterocycles. The van der Waals surface area contributed by atoms with Crippen LogP contribution in [0.15, 0.2) is 36.2 Å². The second-order valence-electron chi connectivity index (χ2n) is 8.41. The van der Waals surface area contributed by atoms with Crippen LogP contribution in [0, 0.1) is 11.3 Å². The van der Waals surface area contributed by atoms with Crippen LogP contribution in [0.3, 0.4) is 0 Å². The molecule has 11 heteroatoms. The summed E-state index contributed by atoms with van der Waals surface area (Å²) in [5, 5.41) is 8.28. The van der Waals surface area contributed by atoms with Crippen LogP contribution in [0.4, 0.5) is 18.9 Å². The Bertz CT molecular complexity index is 979. The first-order chi connectivity index (χ1) is 17.3. The van der Waals surface area contributed by atoms with E-state index in [1.165, 1.54) is 11.0 Å². The van der Waals surface area contributed by atoms with Crippen LogP contribution < -0.4 is 11.5 Å². The Morgan fingerprint density at radius 1 is 1.30 bits per heavy atom. The monoisotopic (exact) mass is 543 g/mol. The molecule has 0 aromatic carbocycles. The van der Waals surface area contributed by atoms with E-state index in [1.807, 2.05) is 27.7 Å². The lowest BCUT2D eigenvalue weighted by Gasteiger charge is -2.38. The standard InChI is InChI=1S/C18H24F3N5O.C7H12O.CH4S/c1-3-5-11(22)16-12(23)6-7-26(14(16)4-2)17(27)10-9-25-15(8-13(10)24)18(19,20)21;1-4-6(3)7(8)5-2;1-2/h8-9,14,22H,3-7,23H2,1-2H3,(H2,24,25);5-6H,2,4H2,1,3H3;2H,1H3/t;6-;/m.1./s1. The number of nitrogen functional groups attached to an aromatic ring is 1. The van der Waals surface area contributed by atoms with Gasteiger partial charge in [-0.05, 0) is 37.7 Å². The Morgan fingerprint density at radius 3 is 2.30 bits per heavy atom. The normalized spacial score (nSPS) is 16.0. The first-order valence-electron chi connectivity index (χ1n) is 12.1. The lowest BCUT2D eigenvalue weighted by atomic mass is 9.89. The number of pyridine rings is 1. The van der Waals surface area contributed by atoms with Crippen molar-refractivity contribution in [3.63, 3.8) is 0 Å². The topological polar surface area (TPSA) is 126 Å². The van der Waals surface area contributed by atoms with Crippen molar-refractivity contribution in [2.45, 2.75) is 72.0 Å². The molecule has 1 amide bonds. The molecule has 1 aromatic rings. The molecule has 2 atom stereocenters. The number of ketones is 1. The highest BCUT2D eigenvalue weighted by Gasteiger charge is 2.36. The predicted molar refractivity (Wildman–Crippen MR) is 147 cm³/mol. The highest BCUT2D eigenvalue weighted by molar-refractivity contribution is 7.79. The van der Waals surface area contributed by atoms with E-state index in [-0.39, 0.29) is 23.0 Å². The van der Waals surface area contributed by atoms with Gasteiger partial charge in [0.15, 0.2) is 5.78 Å². The summed E-state index contributed by atoms with van der Waals surface area (Å²) >= 11 is 3.53. The third kappa shape index (κ3) is 9.53. The summed E-state index contributed by atoms with van der Waals surface area (Å²) in [4.78, 5) is 28.5. The molecule has 2 rings (SSSR count). The summed E-state index contributed by atoms with van der Waals surface area (Å²) in [5.41, 5.74) is 11.9. The summed E-state index contributed by atoms with van der Waals surface area (Å²) in [6.07, 6.45) is 2.46. The van der Waals surface area contributed by atoms with Gasteiger partial charge < -0.3 is 21.8 Å². The maximum absolute atomic E-state index is 13.0. The number of alkyl halides is 3. The first-order valence-corrected chi connectivity index (χ1v) is 13.0. The molecule has 1 aliphatic rings. The molecule has 0 aliphatic carbocycles. The lowest BCUT2D eigenvalue weighted by Crippen LogP contribution is -2.47. The molecule has 0 fully saturated rings. The fourth-order valence-corrected chi connectivity index (χ4v) is 3.71. The van der Waals surface area contributed by atoms with Crippen molar-refractivity contribution in [1.82, 2.24) is 9.88 Å². The first kappa shape index (κ1) is 34.2. The van der Waals surface area contributed by atoms with Gasteiger partial charge in [-0.15, -0.1) is 0 Å². The number of carbonyl (C=O) groups is 2. The quantitative estimate of drug-likeness (QED) is 0.191. The fourth-order valence-electron chi connectivity index (χ4n) is 3.71. The number of hydrogen-bond donors (Lipinski definition) is 4. The van der Waals surface area contributed by atoms with E-state index in [0.717, 1.165) is 19.0 Å². The molecule has 0 saturated carbocycles. The fraction of sp³-hybridized carbons (Fsp3) is 0.538. The van der Waals surface area contributed by atoms with E-state index in [0.29, 0.717) is 48.9 Å². The van der Waals surface area contributed by atoms with E-state index in [4.69, 9.17) is 16.9 Å². The Morgan fingerprint density at radius 2 is 1.89 bits per heavy atom. The zero-order valence-electron chi connectivity index (χ0n) is 22.3. The summed E-state index contributed by atoms with van der Waals surface area (Å²) < 4.78 is 38.3. The van der Waals surface area contributed by atoms with Crippen LogP contribution in [-0.4, -0.2) is 46.1 Å². The number of allylic oxidation sites excluding steroid dienone is 1. The van der Waals surface area contributed by atoms with Gasteiger partial charge in [-0.1, -0.05) is 40.7 Å². The van der Waals surface area contributed by atoms with Crippen molar-refractivity contribution in [2.75, 3.05) is 18.5 Å². The summed E-state index contributed by atoms with van der Waals surface area (Å²) in [6.45, 7) is 11.4. The molecule has 1 unspecified atom stereocenters. The van der Waals surface area contributed by atoms with E-state index >= 15 is 0 Å². The number of amides is 1. The average molecular weight is 544 g/mol. The van der Waals surface area contributed by atoms with Crippen LogP contribution in [0.2, 0.25) is 0 Å². The van der Waals surface area contributed by atoms with Crippen molar-refractivity contribution in [3.05, 3.63) is 47.4 Å². The van der Waals surface area contributed by atoms with Crippen molar-refractivity contribution < 1.29 is 22.8 Å². The minimum atomic E-state index is -4.63. The largest absolute Gasteiger partial charge is 0.433 e. The van der Waals surface area contributed by atoms with Crippen LogP contribution in [0.1, 0.15) is 75.9 Å². The molecule has 208 valence electrons. The Hall–Kier alpha value is -2.82. The van der Waals surface area contributed by atoms with Crippen molar-refractivity contribution >= 4 is 35.7 Å². The molecule has 1 aliphatic heterocycles. The number of anilines is 1. The van der Waals surface area contributed by atoms with E-state index in [9.17, 15) is 22.8 Å². The van der Waals surface area contributed by atoms with Gasteiger partial charge in [-0.3, -0.25) is 14.6 Å². The number of aromatic nitrogens is 1. The zero-order chi connectivity index (χ0) is 28.9. The zero-order valence-corrected chi connectivity index (χ0v) is 23.2. The van der Waals surface area contributed by atoms with Crippen molar-refractivity contribution in [2.24, 2.45) is 11.7 Å². The van der Waals surface area contributed by atoms with Gasteiger partial charge in [0.05, 0.1) is 11.6 Å². The van der Waals surface area contributed by atoms with Gasteiger partial charge in [-0.25, -0.2) is 0 Å². The molecule has 0 saturated heterocycles. The van der Waals surface area contributed by atoms with E-state index < -0.39 is 23.8 Å². The highest BCUT2D eigenvalue weighted by atomic mass is 32.1. The number of halogens is 3. The van der Waals surface area contributed by atoms with Gasteiger partial charge in [-0.2, -0.15) is 25.8 Å². The molecule has 7 nitrogen and oxygen atoms in total. The number of carbonyl (C=O) groups excluding carboxylic acids is 2. The number of hydrogen-bond acceptors (Lipinski definition) is 7. The number of thiol groups is 1. The second kappa shape index (κ2) is 16.1. The maximum atomic E-state index is 13.0. The van der Waals surface area contributed by atoms with Crippen molar-refractivity contribution in [1.29, 1.82) is 5.41 Å². The molecule has 0 bridgehead atoms. The molecule has 5 N–H and O–H groups in total. The Kier molecular flexibility index (Phi) is 14.9. The molecule has 1 aromatic heterocycles. The number of nitrogens with two attached hydrogens (primary N) is 2. The number of nitrogens with one attached hydrogen (secondary N) is 1. The second-order valence-corrected chi connectivity index (χ2v) is 8.41. The molecule has 0 radical (unpaired) electrons. The molecular weight excluding hydrogens is 503 g/mol. The minimum Gasteiger partial charge on any atom is -0.402 e. The molecular formula is C26H40F3N5O2S. The van der Waals surface area contributed by atoms with Crippen LogP contribution in [-0.2, 0) is 11.0 Å². The van der Waals surface area contributed by atoms with E-state index in [1.54, 1.807) is 6.26 Å². The van der Waals surface area contributed by atoms with Gasteiger partial charge in [0.25, 0.3) is 5.91 Å². The van der Waals surface area contributed by atoms with Crippen LogP contribution >= 0.6 is 12.6 Å². The summed E-state index contributed by atoms with van der Waals surface area (Å²) in [6, 6.07) is 0.259. The van der Waals surface area contributed by atoms with Gasteiger partial charge in [0.1, 0.15) is 5.69 Å². The average Bonchev–Trinajstić information content (AvgIpc) is 2.88. The van der Waals surface area contributed by atoms with E-state index in [2.05, 4.69) is 24.2 Å². The molecule has 37 heavy (non-hydrogen) atoms. The predicted octanol–water partition coefficient (Wildman–Crippen LogP) is 5.67. The van der Waals surface area contributed by atoms with Gasteiger partial charge in [0, 0.05) is 47.7 Å². The smallest absolute Gasteiger partial charge is 0.402 e. The SMILES string of the molecule is C=CC(=O)[C@H](C)CC.CCCC(=N)C1=C(N)CCN(C(=O)c2cnc(C(F)(F)F)cc2N)C1CC.CS. The summed E-state index contributed by atoms with van der Waals surface area (Å²) in [5.74, 6) is -0.199. The van der Waals surface area contributed by atoms with Crippen LogP contribution in [0.5, 0.6) is 0 Å².